The van der Waals surface area contributed by atoms with Crippen LogP contribution in [0.3, 0.4) is 0 Å². The van der Waals surface area contributed by atoms with Crippen LogP contribution in [0.1, 0.15) is 11.1 Å². The summed E-state index contributed by atoms with van der Waals surface area (Å²) in [4.78, 5) is 8.75. The van der Waals surface area contributed by atoms with Gasteiger partial charge in [0.25, 0.3) is 0 Å². The van der Waals surface area contributed by atoms with Gasteiger partial charge in [-0.25, -0.2) is 9.97 Å². The van der Waals surface area contributed by atoms with E-state index < -0.39 is 0 Å². The molecule has 0 saturated heterocycles. The number of benzene rings is 3. The van der Waals surface area contributed by atoms with E-state index in [1.807, 2.05) is 54.2 Å². The summed E-state index contributed by atoms with van der Waals surface area (Å²) in [5, 5.41) is 6.08. The number of nitrogens with one attached hydrogen (secondary N) is 1. The first-order valence-electron chi connectivity index (χ1n) is 12.2. The van der Waals surface area contributed by atoms with Gasteiger partial charge in [-0.3, -0.25) is 0 Å². The van der Waals surface area contributed by atoms with Crippen molar-refractivity contribution in [3.63, 3.8) is 0 Å². The molecule has 38 heavy (non-hydrogen) atoms. The van der Waals surface area contributed by atoms with Crippen LogP contribution >= 0.6 is 22.3 Å². The highest BCUT2D eigenvalue weighted by molar-refractivity contribution is 8.12. The van der Waals surface area contributed by atoms with E-state index in [1.54, 1.807) is 6.33 Å². The van der Waals surface area contributed by atoms with Crippen molar-refractivity contribution in [2.24, 2.45) is 7.05 Å². The maximum Gasteiger partial charge on any atom is 0.158 e. The van der Waals surface area contributed by atoms with Crippen LogP contribution in [0.4, 0.5) is 11.5 Å². The SMILES string of the molecule is Cn1ccc2ncnc(Nc3ccc(OC4=CN(Cc5ccccc5)S(Cc5ccccc5)=C4)c(Cl)c3)c21. The van der Waals surface area contributed by atoms with Crippen molar-refractivity contribution in [3.05, 3.63) is 126 Å². The van der Waals surface area contributed by atoms with Crippen LogP contribution in [0.2, 0.25) is 5.02 Å². The number of ether oxygens (including phenoxy) is 1. The minimum absolute atomic E-state index is 0.151. The van der Waals surface area contributed by atoms with Crippen LogP contribution in [0.5, 0.6) is 5.75 Å². The first kappa shape index (κ1) is 24.3. The van der Waals surface area contributed by atoms with Crippen molar-refractivity contribution in [2.45, 2.75) is 12.3 Å². The highest BCUT2D eigenvalue weighted by Gasteiger charge is 2.18. The highest BCUT2D eigenvalue weighted by Crippen LogP contribution is 2.36. The summed E-state index contributed by atoms with van der Waals surface area (Å²) < 4.78 is 10.6. The summed E-state index contributed by atoms with van der Waals surface area (Å²) in [5.74, 6) is 3.04. The average Bonchev–Trinajstić information content (AvgIpc) is 3.50. The fourth-order valence-corrected chi connectivity index (χ4v) is 6.46. The van der Waals surface area contributed by atoms with Crippen LogP contribution in [0.25, 0.3) is 11.0 Å². The summed E-state index contributed by atoms with van der Waals surface area (Å²) in [6, 6.07) is 28.7. The summed E-state index contributed by atoms with van der Waals surface area (Å²) in [7, 11) is 1.82. The van der Waals surface area contributed by atoms with Gasteiger partial charge in [0.05, 0.1) is 23.3 Å². The number of rotatable bonds is 8. The number of aromatic nitrogens is 3. The topological polar surface area (TPSA) is 55.2 Å². The minimum atomic E-state index is -0.151. The zero-order chi connectivity index (χ0) is 25.9. The number of allylic oxidation sites excluding steroid dienone is 1. The van der Waals surface area contributed by atoms with Gasteiger partial charge in [-0.1, -0.05) is 82.9 Å². The van der Waals surface area contributed by atoms with Crippen molar-refractivity contribution in [2.75, 3.05) is 5.32 Å². The number of anilines is 2. The Balaban J connectivity index is 1.22. The molecule has 6 rings (SSSR count). The van der Waals surface area contributed by atoms with Crippen LogP contribution in [0, 0.1) is 0 Å². The molecule has 2 aromatic heterocycles. The van der Waals surface area contributed by atoms with E-state index in [-0.39, 0.29) is 10.7 Å². The maximum absolute atomic E-state index is 6.68. The predicted molar refractivity (Wildman–Crippen MR) is 158 cm³/mol. The molecule has 1 N–H and O–H groups in total. The molecular formula is C30H26ClN5OS. The fraction of sp³-hybridized carbons (Fsp3) is 0.100. The maximum atomic E-state index is 6.68. The third-order valence-corrected chi connectivity index (χ3v) is 8.51. The van der Waals surface area contributed by atoms with E-state index in [0.29, 0.717) is 10.8 Å². The lowest BCUT2D eigenvalue weighted by Gasteiger charge is -2.21. The quantitative estimate of drug-likeness (QED) is 0.210. The lowest BCUT2D eigenvalue weighted by Crippen LogP contribution is -2.09. The van der Waals surface area contributed by atoms with Gasteiger partial charge in [0.1, 0.15) is 17.6 Å². The number of fused-ring (bicyclic) bond motifs is 1. The molecule has 1 atom stereocenters. The summed E-state index contributed by atoms with van der Waals surface area (Å²) in [6.07, 6.45) is 5.61. The zero-order valence-electron chi connectivity index (χ0n) is 20.8. The number of halogens is 1. The molecule has 0 spiro atoms. The second-order valence-electron chi connectivity index (χ2n) is 9.00. The Hall–Kier alpha value is -4.07. The van der Waals surface area contributed by atoms with E-state index in [2.05, 4.69) is 79.7 Å². The molecule has 6 nitrogen and oxygen atoms in total. The number of nitrogens with zero attached hydrogens (tertiary/aromatic N) is 4. The Morgan fingerprint density at radius 3 is 2.45 bits per heavy atom. The van der Waals surface area contributed by atoms with Gasteiger partial charge < -0.3 is 18.9 Å². The predicted octanol–water partition coefficient (Wildman–Crippen LogP) is 7.29. The second kappa shape index (κ2) is 10.7. The Morgan fingerprint density at radius 2 is 1.68 bits per heavy atom. The van der Waals surface area contributed by atoms with E-state index in [0.717, 1.165) is 40.6 Å². The van der Waals surface area contributed by atoms with Crippen LogP contribution in [0.15, 0.2) is 109 Å². The average molecular weight is 540 g/mol. The molecule has 0 radical (unpaired) electrons. The Morgan fingerprint density at radius 1 is 0.921 bits per heavy atom. The monoisotopic (exact) mass is 539 g/mol. The van der Waals surface area contributed by atoms with Crippen molar-refractivity contribution in [1.82, 2.24) is 18.8 Å². The highest BCUT2D eigenvalue weighted by atomic mass is 35.5. The minimum Gasteiger partial charge on any atom is -0.454 e. The number of hydrogen-bond acceptors (Lipinski definition) is 5. The molecule has 0 saturated carbocycles. The molecule has 5 aromatic rings. The lowest BCUT2D eigenvalue weighted by atomic mass is 10.2. The normalized spacial score (nSPS) is 14.8. The molecule has 0 fully saturated rings. The van der Waals surface area contributed by atoms with E-state index in [9.17, 15) is 0 Å². The number of hydrogen-bond donors (Lipinski definition) is 1. The van der Waals surface area contributed by atoms with E-state index in [1.165, 1.54) is 11.1 Å². The molecule has 3 aromatic carbocycles. The molecule has 1 unspecified atom stereocenters. The van der Waals surface area contributed by atoms with Crippen molar-refractivity contribution in [1.29, 1.82) is 0 Å². The third kappa shape index (κ3) is 5.30. The second-order valence-corrected chi connectivity index (χ2v) is 11.2. The van der Waals surface area contributed by atoms with E-state index in [4.69, 9.17) is 16.3 Å². The first-order valence-corrected chi connectivity index (χ1v) is 14.0. The molecular weight excluding hydrogens is 514 g/mol. The Bertz CT molecular complexity index is 1650. The molecule has 190 valence electrons. The van der Waals surface area contributed by atoms with Crippen molar-refractivity contribution >= 4 is 50.2 Å². The Labute approximate surface area is 229 Å². The summed E-state index contributed by atoms with van der Waals surface area (Å²) in [6.45, 7) is 0.809. The van der Waals surface area contributed by atoms with E-state index >= 15 is 0 Å². The molecule has 0 aliphatic carbocycles. The zero-order valence-corrected chi connectivity index (χ0v) is 22.4. The largest absolute Gasteiger partial charge is 0.454 e. The van der Waals surface area contributed by atoms with Crippen LogP contribution in [-0.4, -0.2) is 24.2 Å². The Kier molecular flexibility index (Phi) is 6.86. The van der Waals surface area contributed by atoms with Gasteiger partial charge in [0, 0.05) is 30.1 Å². The van der Waals surface area contributed by atoms with Gasteiger partial charge in [-0.05, 0) is 35.4 Å². The van der Waals surface area contributed by atoms with Gasteiger partial charge in [0.2, 0.25) is 0 Å². The van der Waals surface area contributed by atoms with Crippen molar-refractivity contribution in [3.8, 4) is 5.75 Å². The summed E-state index contributed by atoms with van der Waals surface area (Å²) in [5.41, 5.74) is 5.19. The van der Waals surface area contributed by atoms with Gasteiger partial charge in [-0.15, -0.1) is 0 Å². The number of aryl methyl sites for hydroxylation is 1. The standard InChI is InChI=1S/C30H26ClN5OS/c1-35-15-14-27-29(35)30(33-21-32-27)34-24-12-13-28(26(31)16-24)37-25-18-36(17-22-8-4-2-5-9-22)38(20-25)19-23-10-6-3-7-11-23/h2-16,18,20-21H,17,19H2,1H3,(H,32,33,34). The molecule has 3 heterocycles. The van der Waals surface area contributed by atoms with Crippen molar-refractivity contribution < 1.29 is 4.74 Å². The molecule has 1 aliphatic heterocycles. The lowest BCUT2D eigenvalue weighted by molar-refractivity contribution is 0.445. The first-order chi connectivity index (χ1) is 18.6. The summed E-state index contributed by atoms with van der Waals surface area (Å²) >= 11 is 6.68. The fourth-order valence-electron chi connectivity index (χ4n) is 4.39. The third-order valence-electron chi connectivity index (χ3n) is 6.24. The van der Waals surface area contributed by atoms with Gasteiger partial charge >= 0.3 is 0 Å². The van der Waals surface area contributed by atoms with Crippen LogP contribution in [-0.2, 0) is 19.3 Å². The molecule has 0 amide bonds. The molecule has 1 aliphatic rings. The van der Waals surface area contributed by atoms with Gasteiger partial charge in [-0.2, -0.15) is 0 Å². The smallest absolute Gasteiger partial charge is 0.158 e. The molecule has 0 bridgehead atoms. The molecule has 8 heteroatoms. The van der Waals surface area contributed by atoms with Gasteiger partial charge in [0.15, 0.2) is 11.6 Å². The van der Waals surface area contributed by atoms with Crippen LogP contribution < -0.4 is 10.1 Å².